The van der Waals surface area contributed by atoms with Crippen LogP contribution >= 0.6 is 27.5 Å². The third kappa shape index (κ3) is 2.49. The molecule has 0 radical (unpaired) electrons. The largest absolute Gasteiger partial charge is 0.325 e. The molecule has 1 amide bonds. The summed E-state index contributed by atoms with van der Waals surface area (Å²) in [4.78, 5) is 24.5. The highest BCUT2D eigenvalue weighted by atomic mass is 79.9. The molecule has 0 fully saturated rings. The van der Waals surface area contributed by atoms with Crippen LogP contribution in [-0.4, -0.2) is 11.7 Å². The first kappa shape index (κ1) is 14.3. The van der Waals surface area contributed by atoms with Crippen LogP contribution in [0.15, 0.2) is 40.9 Å². The van der Waals surface area contributed by atoms with Crippen LogP contribution in [0.5, 0.6) is 0 Å². The molecule has 1 N–H and O–H groups in total. The number of ketones is 1. The molecule has 2 aromatic carbocycles. The van der Waals surface area contributed by atoms with E-state index in [2.05, 4.69) is 21.2 Å². The monoisotopic (exact) mass is 363 g/mol. The van der Waals surface area contributed by atoms with E-state index in [-0.39, 0.29) is 17.6 Å². The van der Waals surface area contributed by atoms with E-state index in [9.17, 15) is 9.59 Å². The number of carbonyl (C=O) groups excluding carboxylic acids is 2. The van der Waals surface area contributed by atoms with Crippen LogP contribution in [0.25, 0.3) is 0 Å². The molecule has 1 aliphatic heterocycles. The van der Waals surface area contributed by atoms with Gasteiger partial charge in [-0.15, -0.1) is 0 Å². The van der Waals surface area contributed by atoms with Crippen molar-refractivity contribution in [3.8, 4) is 0 Å². The first-order chi connectivity index (χ1) is 9.97. The number of nitrogens with one attached hydrogen (secondary N) is 1. The highest BCUT2D eigenvalue weighted by Crippen LogP contribution is 2.38. The number of hydrogen-bond donors (Lipinski definition) is 1. The predicted octanol–water partition coefficient (Wildman–Crippen LogP) is 4.39. The topological polar surface area (TPSA) is 46.2 Å². The van der Waals surface area contributed by atoms with Gasteiger partial charge in [0, 0.05) is 20.6 Å². The second kappa shape index (κ2) is 5.28. The normalized spacial score (nSPS) is 16.5. The van der Waals surface area contributed by atoms with E-state index in [1.807, 2.05) is 0 Å². The van der Waals surface area contributed by atoms with Gasteiger partial charge in [0.05, 0.1) is 11.6 Å². The molecule has 0 saturated heterocycles. The zero-order valence-electron chi connectivity index (χ0n) is 11.1. The Morgan fingerprint density at radius 3 is 2.57 bits per heavy atom. The SMILES string of the molecule is CC1C(=O)Nc2c(C(=O)c3ccc(Br)cc3)cc(Cl)cc21. The summed E-state index contributed by atoms with van der Waals surface area (Å²) in [6, 6.07) is 10.4. The average molecular weight is 365 g/mol. The molecule has 0 aliphatic carbocycles. The molecular formula is C16H11BrClNO2. The first-order valence-electron chi connectivity index (χ1n) is 6.42. The van der Waals surface area contributed by atoms with Gasteiger partial charge in [-0.1, -0.05) is 27.5 Å². The summed E-state index contributed by atoms with van der Waals surface area (Å²) in [6.07, 6.45) is 0. The molecular weight excluding hydrogens is 354 g/mol. The first-order valence-corrected chi connectivity index (χ1v) is 7.59. The summed E-state index contributed by atoms with van der Waals surface area (Å²) in [7, 11) is 0. The van der Waals surface area contributed by atoms with Crippen LogP contribution in [0.1, 0.15) is 34.3 Å². The molecule has 3 rings (SSSR count). The molecule has 0 bridgehead atoms. The van der Waals surface area contributed by atoms with Crippen LogP contribution in [0.2, 0.25) is 5.02 Å². The van der Waals surface area contributed by atoms with Gasteiger partial charge in [-0.3, -0.25) is 9.59 Å². The van der Waals surface area contributed by atoms with Gasteiger partial charge in [-0.2, -0.15) is 0 Å². The Morgan fingerprint density at radius 1 is 1.24 bits per heavy atom. The molecule has 5 heteroatoms. The molecule has 1 heterocycles. The lowest BCUT2D eigenvalue weighted by Crippen LogP contribution is -2.10. The van der Waals surface area contributed by atoms with Crippen molar-refractivity contribution in [3.63, 3.8) is 0 Å². The molecule has 1 aliphatic rings. The fourth-order valence-electron chi connectivity index (χ4n) is 2.42. The minimum atomic E-state index is -0.296. The smallest absolute Gasteiger partial charge is 0.231 e. The van der Waals surface area contributed by atoms with Gasteiger partial charge >= 0.3 is 0 Å². The Balaban J connectivity index is 2.11. The maximum absolute atomic E-state index is 12.7. The van der Waals surface area contributed by atoms with Crippen molar-refractivity contribution in [3.05, 3.63) is 62.6 Å². The lowest BCUT2D eigenvalue weighted by atomic mass is 9.96. The fraction of sp³-hybridized carbons (Fsp3) is 0.125. The Labute approximate surface area is 135 Å². The van der Waals surface area contributed by atoms with Gasteiger partial charge in [0.15, 0.2) is 5.78 Å². The second-order valence-electron chi connectivity index (χ2n) is 4.96. The average Bonchev–Trinajstić information content (AvgIpc) is 2.74. The minimum absolute atomic E-state index is 0.114. The number of carbonyl (C=O) groups is 2. The highest BCUT2D eigenvalue weighted by Gasteiger charge is 2.31. The van der Waals surface area contributed by atoms with E-state index in [4.69, 9.17) is 11.6 Å². The molecule has 0 aromatic heterocycles. The molecule has 1 atom stereocenters. The number of hydrogen-bond acceptors (Lipinski definition) is 2. The number of anilines is 1. The van der Waals surface area contributed by atoms with E-state index in [1.165, 1.54) is 0 Å². The summed E-state index contributed by atoms with van der Waals surface area (Å²) in [5.74, 6) is -0.567. The Morgan fingerprint density at radius 2 is 1.90 bits per heavy atom. The second-order valence-corrected chi connectivity index (χ2v) is 6.32. The van der Waals surface area contributed by atoms with Crippen LogP contribution in [0.4, 0.5) is 5.69 Å². The summed E-state index contributed by atoms with van der Waals surface area (Å²) < 4.78 is 0.900. The van der Waals surface area contributed by atoms with Crippen molar-refractivity contribution in [2.45, 2.75) is 12.8 Å². The Hall–Kier alpha value is -1.65. The Bertz CT molecular complexity index is 756. The van der Waals surface area contributed by atoms with Crippen molar-refractivity contribution in [1.29, 1.82) is 0 Å². The van der Waals surface area contributed by atoms with Crippen molar-refractivity contribution >= 4 is 44.9 Å². The summed E-state index contributed by atoms with van der Waals surface area (Å²) in [6.45, 7) is 1.80. The van der Waals surface area contributed by atoms with Crippen LogP contribution < -0.4 is 5.32 Å². The van der Waals surface area contributed by atoms with Crippen LogP contribution in [-0.2, 0) is 4.79 Å². The van der Waals surface area contributed by atoms with Gasteiger partial charge < -0.3 is 5.32 Å². The van der Waals surface area contributed by atoms with Gasteiger partial charge in [0.2, 0.25) is 5.91 Å². The van der Waals surface area contributed by atoms with E-state index in [1.54, 1.807) is 43.3 Å². The van der Waals surface area contributed by atoms with E-state index < -0.39 is 0 Å². The van der Waals surface area contributed by atoms with Crippen LogP contribution in [0, 0.1) is 0 Å². The number of rotatable bonds is 2. The number of fused-ring (bicyclic) bond motifs is 1. The molecule has 106 valence electrons. The van der Waals surface area contributed by atoms with E-state index in [0.29, 0.717) is 21.8 Å². The molecule has 3 nitrogen and oxygen atoms in total. The predicted molar refractivity (Wildman–Crippen MR) is 86.1 cm³/mol. The zero-order valence-corrected chi connectivity index (χ0v) is 13.5. The third-order valence-corrected chi connectivity index (χ3v) is 4.34. The minimum Gasteiger partial charge on any atom is -0.325 e. The fourth-order valence-corrected chi connectivity index (χ4v) is 2.91. The van der Waals surface area contributed by atoms with Crippen molar-refractivity contribution in [1.82, 2.24) is 0 Å². The van der Waals surface area contributed by atoms with Crippen molar-refractivity contribution in [2.24, 2.45) is 0 Å². The lowest BCUT2D eigenvalue weighted by molar-refractivity contribution is -0.116. The van der Waals surface area contributed by atoms with Gasteiger partial charge in [0.1, 0.15) is 0 Å². The van der Waals surface area contributed by atoms with E-state index in [0.717, 1.165) is 10.0 Å². The summed E-state index contributed by atoms with van der Waals surface area (Å²) >= 11 is 9.44. The molecule has 21 heavy (non-hydrogen) atoms. The standard InChI is InChI=1S/C16H11BrClNO2/c1-8-12-6-11(18)7-13(14(12)19-16(8)21)15(20)9-2-4-10(17)5-3-9/h2-8H,1H3,(H,19,21). The number of amides is 1. The highest BCUT2D eigenvalue weighted by molar-refractivity contribution is 9.10. The maximum atomic E-state index is 12.7. The summed E-state index contributed by atoms with van der Waals surface area (Å²) in [5, 5.41) is 3.23. The molecule has 0 saturated carbocycles. The molecule has 0 spiro atoms. The van der Waals surface area contributed by atoms with Gasteiger partial charge in [-0.05, 0) is 48.9 Å². The van der Waals surface area contributed by atoms with E-state index >= 15 is 0 Å². The lowest BCUT2D eigenvalue weighted by Gasteiger charge is -2.09. The van der Waals surface area contributed by atoms with Gasteiger partial charge in [-0.25, -0.2) is 0 Å². The number of halogens is 2. The Kier molecular flexibility index (Phi) is 3.59. The summed E-state index contributed by atoms with van der Waals surface area (Å²) in [5.41, 5.74) is 2.33. The zero-order chi connectivity index (χ0) is 15.1. The maximum Gasteiger partial charge on any atom is 0.231 e. The molecule has 1 unspecified atom stereocenters. The third-order valence-electron chi connectivity index (χ3n) is 3.59. The molecule has 2 aromatic rings. The van der Waals surface area contributed by atoms with Crippen molar-refractivity contribution in [2.75, 3.05) is 5.32 Å². The van der Waals surface area contributed by atoms with Gasteiger partial charge in [0.25, 0.3) is 0 Å². The van der Waals surface area contributed by atoms with Crippen LogP contribution in [0.3, 0.4) is 0 Å². The van der Waals surface area contributed by atoms with Crippen molar-refractivity contribution < 1.29 is 9.59 Å². The number of benzene rings is 2. The quantitative estimate of drug-likeness (QED) is 0.803.